The molecule has 0 radical (unpaired) electrons. The molecule has 21 heavy (non-hydrogen) atoms. The van der Waals surface area contributed by atoms with Crippen molar-refractivity contribution >= 4 is 11.6 Å². The third-order valence-electron chi connectivity index (χ3n) is 3.62. The van der Waals surface area contributed by atoms with Crippen molar-refractivity contribution in [1.29, 1.82) is 0 Å². The van der Waals surface area contributed by atoms with E-state index in [-0.39, 0.29) is 17.6 Å². The molecule has 1 rings (SSSR count). The number of hydrogen-bond acceptors (Lipinski definition) is 2. The molecule has 0 heterocycles. The average molecular weight is 312 g/mol. The van der Waals surface area contributed by atoms with Crippen molar-refractivity contribution in [3.8, 4) is 0 Å². The standard InChI is InChI=1S/C18H30ClNO/c1-6-12-20-16(17(21-7-2)18(3,4)5)13-14-10-8-9-11-15(14)19/h8-11,16-17,20H,6-7,12-13H2,1-5H3. The molecule has 2 unspecified atom stereocenters. The highest BCUT2D eigenvalue weighted by Gasteiger charge is 2.32. The van der Waals surface area contributed by atoms with Crippen LogP contribution in [0.2, 0.25) is 5.02 Å². The molecule has 0 aliphatic carbocycles. The van der Waals surface area contributed by atoms with E-state index in [1.165, 1.54) is 5.56 Å². The number of ether oxygens (including phenoxy) is 1. The number of benzene rings is 1. The van der Waals surface area contributed by atoms with E-state index < -0.39 is 0 Å². The van der Waals surface area contributed by atoms with Gasteiger partial charge in [0, 0.05) is 17.7 Å². The lowest BCUT2D eigenvalue weighted by Crippen LogP contribution is -2.49. The smallest absolute Gasteiger partial charge is 0.0779 e. The molecule has 1 aromatic carbocycles. The largest absolute Gasteiger partial charge is 0.376 e. The van der Waals surface area contributed by atoms with E-state index in [2.05, 4.69) is 46.0 Å². The molecule has 0 aliphatic heterocycles. The molecule has 120 valence electrons. The molecule has 0 saturated heterocycles. The van der Waals surface area contributed by atoms with Gasteiger partial charge in [0.25, 0.3) is 0 Å². The summed E-state index contributed by atoms with van der Waals surface area (Å²) in [6.45, 7) is 12.7. The molecule has 0 aliphatic rings. The predicted molar refractivity (Wildman–Crippen MR) is 92.1 cm³/mol. The van der Waals surface area contributed by atoms with Crippen LogP contribution in [0, 0.1) is 5.41 Å². The summed E-state index contributed by atoms with van der Waals surface area (Å²) in [6, 6.07) is 8.36. The van der Waals surface area contributed by atoms with Crippen LogP contribution in [0.4, 0.5) is 0 Å². The zero-order valence-corrected chi connectivity index (χ0v) is 14.8. The lowest BCUT2D eigenvalue weighted by Gasteiger charge is -2.37. The normalized spacial score (nSPS) is 15.0. The molecule has 1 aromatic rings. The van der Waals surface area contributed by atoms with Gasteiger partial charge in [0.1, 0.15) is 0 Å². The lowest BCUT2D eigenvalue weighted by atomic mass is 9.82. The van der Waals surface area contributed by atoms with E-state index >= 15 is 0 Å². The molecule has 0 amide bonds. The van der Waals surface area contributed by atoms with Crippen LogP contribution in [-0.2, 0) is 11.2 Å². The second-order valence-corrected chi connectivity index (χ2v) is 7.01. The Hall–Kier alpha value is -0.570. The fraction of sp³-hybridized carbons (Fsp3) is 0.667. The van der Waals surface area contributed by atoms with Gasteiger partial charge in [-0.25, -0.2) is 0 Å². The average Bonchev–Trinajstić information content (AvgIpc) is 2.42. The quantitative estimate of drug-likeness (QED) is 0.751. The number of hydrogen-bond donors (Lipinski definition) is 1. The summed E-state index contributed by atoms with van der Waals surface area (Å²) in [5, 5.41) is 4.49. The van der Waals surface area contributed by atoms with Gasteiger partial charge >= 0.3 is 0 Å². The minimum absolute atomic E-state index is 0.0860. The molecule has 0 bridgehead atoms. The summed E-state index contributed by atoms with van der Waals surface area (Å²) in [6.07, 6.45) is 2.16. The van der Waals surface area contributed by atoms with Gasteiger partial charge in [-0.2, -0.15) is 0 Å². The topological polar surface area (TPSA) is 21.3 Å². The minimum Gasteiger partial charge on any atom is -0.376 e. The molecule has 0 saturated carbocycles. The third-order valence-corrected chi connectivity index (χ3v) is 3.99. The third kappa shape index (κ3) is 5.98. The summed E-state index contributed by atoms with van der Waals surface area (Å²) in [5.74, 6) is 0. The Balaban J connectivity index is 2.94. The zero-order valence-electron chi connectivity index (χ0n) is 14.1. The summed E-state index contributed by atoms with van der Waals surface area (Å²) >= 11 is 6.33. The van der Waals surface area contributed by atoms with Crippen molar-refractivity contribution in [1.82, 2.24) is 5.32 Å². The van der Waals surface area contributed by atoms with Crippen LogP contribution in [-0.4, -0.2) is 25.3 Å². The second-order valence-electron chi connectivity index (χ2n) is 6.60. The molecule has 2 atom stereocenters. The van der Waals surface area contributed by atoms with Crippen molar-refractivity contribution in [2.24, 2.45) is 5.41 Å². The van der Waals surface area contributed by atoms with E-state index in [9.17, 15) is 0 Å². The van der Waals surface area contributed by atoms with Gasteiger partial charge in [0.05, 0.1) is 6.10 Å². The van der Waals surface area contributed by atoms with Crippen LogP contribution < -0.4 is 5.32 Å². The van der Waals surface area contributed by atoms with E-state index in [0.29, 0.717) is 0 Å². The van der Waals surface area contributed by atoms with Gasteiger partial charge in [-0.05, 0) is 43.4 Å². The van der Waals surface area contributed by atoms with E-state index in [0.717, 1.165) is 31.0 Å². The monoisotopic (exact) mass is 311 g/mol. The first-order chi connectivity index (χ1) is 9.90. The van der Waals surface area contributed by atoms with E-state index in [1.54, 1.807) is 0 Å². The van der Waals surface area contributed by atoms with Crippen molar-refractivity contribution in [3.05, 3.63) is 34.9 Å². The number of nitrogens with one attached hydrogen (secondary N) is 1. The Morgan fingerprint density at radius 3 is 2.38 bits per heavy atom. The minimum atomic E-state index is 0.0860. The Morgan fingerprint density at radius 1 is 1.19 bits per heavy atom. The zero-order chi connectivity index (χ0) is 15.9. The van der Waals surface area contributed by atoms with Gasteiger partial charge in [0.2, 0.25) is 0 Å². The fourth-order valence-corrected chi connectivity index (χ4v) is 2.88. The maximum atomic E-state index is 6.33. The first kappa shape index (κ1) is 18.5. The van der Waals surface area contributed by atoms with Crippen LogP contribution in [0.3, 0.4) is 0 Å². The molecule has 3 heteroatoms. The van der Waals surface area contributed by atoms with Crippen LogP contribution in [0.5, 0.6) is 0 Å². The van der Waals surface area contributed by atoms with Gasteiger partial charge in [-0.15, -0.1) is 0 Å². The van der Waals surface area contributed by atoms with E-state index in [1.807, 2.05) is 18.2 Å². The van der Waals surface area contributed by atoms with Gasteiger partial charge in [-0.1, -0.05) is 57.5 Å². The molecule has 2 nitrogen and oxygen atoms in total. The van der Waals surface area contributed by atoms with Gasteiger partial charge < -0.3 is 10.1 Å². The Bertz CT molecular complexity index is 414. The maximum Gasteiger partial charge on any atom is 0.0779 e. The molecular weight excluding hydrogens is 282 g/mol. The number of halogens is 1. The second kappa shape index (κ2) is 8.77. The Morgan fingerprint density at radius 2 is 1.86 bits per heavy atom. The summed E-state index contributed by atoms with van der Waals surface area (Å²) in [4.78, 5) is 0. The summed E-state index contributed by atoms with van der Waals surface area (Å²) < 4.78 is 6.07. The van der Waals surface area contributed by atoms with Crippen LogP contribution in [0.1, 0.15) is 46.6 Å². The van der Waals surface area contributed by atoms with Crippen molar-refractivity contribution in [3.63, 3.8) is 0 Å². The van der Waals surface area contributed by atoms with Crippen molar-refractivity contribution < 1.29 is 4.74 Å². The Kier molecular flexibility index (Phi) is 7.72. The number of rotatable bonds is 8. The lowest BCUT2D eigenvalue weighted by molar-refractivity contribution is -0.0355. The summed E-state index contributed by atoms with van der Waals surface area (Å²) in [5.41, 5.74) is 1.27. The summed E-state index contributed by atoms with van der Waals surface area (Å²) in [7, 11) is 0. The molecule has 0 fully saturated rings. The van der Waals surface area contributed by atoms with E-state index in [4.69, 9.17) is 16.3 Å². The fourth-order valence-electron chi connectivity index (χ4n) is 2.67. The molecule has 1 N–H and O–H groups in total. The first-order valence-corrected chi connectivity index (χ1v) is 8.36. The maximum absolute atomic E-state index is 6.33. The van der Waals surface area contributed by atoms with Crippen molar-refractivity contribution in [2.45, 2.75) is 59.6 Å². The van der Waals surface area contributed by atoms with Crippen LogP contribution in [0.25, 0.3) is 0 Å². The highest BCUT2D eigenvalue weighted by Crippen LogP contribution is 2.28. The highest BCUT2D eigenvalue weighted by atomic mass is 35.5. The SMILES string of the molecule is CCCNC(Cc1ccccc1Cl)C(OCC)C(C)(C)C. The van der Waals surface area contributed by atoms with Crippen molar-refractivity contribution in [2.75, 3.05) is 13.2 Å². The highest BCUT2D eigenvalue weighted by molar-refractivity contribution is 6.31. The Labute approximate surface area is 135 Å². The molecule has 0 spiro atoms. The first-order valence-electron chi connectivity index (χ1n) is 7.98. The molecule has 0 aromatic heterocycles. The predicted octanol–water partition coefficient (Wildman–Crippen LogP) is 4.70. The van der Waals surface area contributed by atoms with Crippen LogP contribution >= 0.6 is 11.6 Å². The molecular formula is C18H30ClNO. The van der Waals surface area contributed by atoms with Gasteiger partial charge in [-0.3, -0.25) is 0 Å². The van der Waals surface area contributed by atoms with Crippen LogP contribution in [0.15, 0.2) is 24.3 Å². The van der Waals surface area contributed by atoms with Gasteiger partial charge in [0.15, 0.2) is 0 Å².